The molecule has 0 aliphatic heterocycles. The first-order valence-electron chi connectivity index (χ1n) is 10.2. The summed E-state index contributed by atoms with van der Waals surface area (Å²) in [5.41, 5.74) is 0.314. The van der Waals surface area contributed by atoms with Crippen LogP contribution in [0.2, 0.25) is 0 Å². The number of carbonyl (C=O) groups excluding carboxylic acids is 2. The fourth-order valence-corrected chi connectivity index (χ4v) is 3.43. The Hall–Kier alpha value is -3.08. The van der Waals surface area contributed by atoms with Crippen LogP contribution in [-0.4, -0.2) is 23.7 Å². The monoisotopic (exact) mass is 407 g/mol. The second-order valence-corrected chi connectivity index (χ2v) is 8.77. The third-order valence-corrected chi connectivity index (χ3v) is 4.83. The third-order valence-electron chi connectivity index (χ3n) is 4.83. The lowest BCUT2D eigenvalue weighted by Gasteiger charge is -2.24. The molecule has 0 bridgehead atoms. The van der Waals surface area contributed by atoms with E-state index in [1.165, 1.54) is 0 Å². The highest BCUT2D eigenvalue weighted by Gasteiger charge is 2.28. The highest BCUT2D eigenvalue weighted by molar-refractivity contribution is 6.02. The second kappa shape index (κ2) is 8.74. The molecule has 3 aromatic rings. The molecule has 0 saturated carbocycles. The summed E-state index contributed by atoms with van der Waals surface area (Å²) in [6, 6.07) is 17.4. The van der Waals surface area contributed by atoms with Gasteiger partial charge in [-0.1, -0.05) is 62.4 Å². The van der Waals surface area contributed by atoms with E-state index in [1.807, 2.05) is 62.4 Å². The molecule has 0 radical (unpaired) electrons. The maximum Gasteiger partial charge on any atom is 0.408 e. The Morgan fingerprint density at radius 1 is 0.933 bits per heavy atom. The number of rotatable bonds is 5. The molecular formula is C25H29NO4. The molecule has 1 N–H and O–H groups in total. The molecule has 0 aliphatic rings. The quantitative estimate of drug-likeness (QED) is 0.443. The molecule has 5 heteroatoms. The van der Waals surface area contributed by atoms with Crippen LogP contribution in [0.25, 0.3) is 21.5 Å². The summed E-state index contributed by atoms with van der Waals surface area (Å²) in [6.07, 6.45) is -0.631. The molecule has 0 aliphatic carbocycles. The van der Waals surface area contributed by atoms with Crippen molar-refractivity contribution in [3.63, 3.8) is 0 Å². The summed E-state index contributed by atoms with van der Waals surface area (Å²) in [7, 11) is 0. The number of hydrogen-bond donors (Lipinski definition) is 1. The first-order chi connectivity index (χ1) is 14.2. The number of esters is 1. The Morgan fingerprint density at radius 3 is 1.97 bits per heavy atom. The number of carbonyl (C=O) groups is 2. The van der Waals surface area contributed by atoms with Crippen LogP contribution in [-0.2, 0) is 20.9 Å². The number of amides is 1. The molecule has 0 spiro atoms. The predicted octanol–water partition coefficient (Wildman–Crippen LogP) is 5.59. The van der Waals surface area contributed by atoms with Crippen LogP contribution in [0.15, 0.2) is 54.6 Å². The van der Waals surface area contributed by atoms with Gasteiger partial charge in [0.15, 0.2) is 0 Å². The standard InChI is InChI=1S/C25H29NO4/c1-16(2)22(26-24(28)30-25(3,4)5)23(27)29-15-21-19-12-8-6-10-17(19)14-18-11-7-9-13-20(18)21/h6-14,16,22H,15H2,1-5H3,(H,26,28). The van der Waals surface area contributed by atoms with Gasteiger partial charge < -0.3 is 14.8 Å². The largest absolute Gasteiger partial charge is 0.459 e. The van der Waals surface area contributed by atoms with E-state index in [4.69, 9.17) is 9.47 Å². The average Bonchev–Trinajstić information content (AvgIpc) is 2.67. The van der Waals surface area contributed by atoms with Gasteiger partial charge in [-0.25, -0.2) is 9.59 Å². The minimum Gasteiger partial charge on any atom is -0.459 e. The summed E-state index contributed by atoms with van der Waals surface area (Å²) in [5, 5.41) is 6.92. The lowest BCUT2D eigenvalue weighted by molar-refractivity contribution is -0.148. The molecule has 1 amide bonds. The summed E-state index contributed by atoms with van der Waals surface area (Å²) in [6.45, 7) is 9.18. The lowest BCUT2D eigenvalue weighted by atomic mass is 9.97. The number of ether oxygens (including phenoxy) is 2. The van der Waals surface area contributed by atoms with Crippen molar-refractivity contribution in [2.24, 2.45) is 5.92 Å². The number of hydrogen-bond acceptors (Lipinski definition) is 4. The Bertz CT molecular complexity index is 1010. The molecule has 0 fully saturated rings. The van der Waals surface area contributed by atoms with E-state index in [9.17, 15) is 9.59 Å². The summed E-state index contributed by atoms with van der Waals surface area (Å²) < 4.78 is 11.0. The van der Waals surface area contributed by atoms with Crippen molar-refractivity contribution in [1.29, 1.82) is 0 Å². The van der Waals surface area contributed by atoms with E-state index in [-0.39, 0.29) is 12.5 Å². The van der Waals surface area contributed by atoms with Gasteiger partial charge in [-0.05, 0) is 54.3 Å². The summed E-state index contributed by atoms with van der Waals surface area (Å²) >= 11 is 0. The Morgan fingerprint density at radius 2 is 1.47 bits per heavy atom. The second-order valence-electron chi connectivity index (χ2n) is 8.77. The Balaban J connectivity index is 1.83. The smallest absolute Gasteiger partial charge is 0.408 e. The van der Waals surface area contributed by atoms with Gasteiger partial charge in [0, 0.05) is 5.56 Å². The maximum atomic E-state index is 12.8. The zero-order chi connectivity index (χ0) is 21.9. The summed E-state index contributed by atoms with van der Waals surface area (Å²) in [4.78, 5) is 25.0. The van der Waals surface area contributed by atoms with Crippen LogP contribution in [0.1, 0.15) is 40.2 Å². The molecule has 1 atom stereocenters. The fraction of sp³-hybridized carbons (Fsp3) is 0.360. The minimum atomic E-state index is -0.791. The number of benzene rings is 3. The third kappa shape index (κ3) is 5.09. The van der Waals surface area contributed by atoms with Crippen LogP contribution in [0.4, 0.5) is 4.79 Å². The van der Waals surface area contributed by atoms with Crippen molar-refractivity contribution in [3.05, 3.63) is 60.2 Å². The molecule has 0 aromatic heterocycles. The van der Waals surface area contributed by atoms with Crippen LogP contribution in [0, 0.1) is 5.92 Å². The average molecular weight is 408 g/mol. The van der Waals surface area contributed by atoms with Gasteiger partial charge in [0.25, 0.3) is 0 Å². The zero-order valence-corrected chi connectivity index (χ0v) is 18.2. The van der Waals surface area contributed by atoms with Gasteiger partial charge >= 0.3 is 12.1 Å². The van der Waals surface area contributed by atoms with E-state index in [0.717, 1.165) is 27.1 Å². The number of fused-ring (bicyclic) bond motifs is 2. The van der Waals surface area contributed by atoms with Crippen LogP contribution in [0.3, 0.4) is 0 Å². The van der Waals surface area contributed by atoms with E-state index in [0.29, 0.717) is 0 Å². The molecule has 30 heavy (non-hydrogen) atoms. The van der Waals surface area contributed by atoms with Gasteiger partial charge in [0.1, 0.15) is 18.2 Å². The number of nitrogens with one attached hydrogen (secondary N) is 1. The van der Waals surface area contributed by atoms with Gasteiger partial charge in [0.05, 0.1) is 0 Å². The van der Waals surface area contributed by atoms with Crippen molar-refractivity contribution < 1.29 is 19.1 Å². The lowest BCUT2D eigenvalue weighted by Crippen LogP contribution is -2.47. The fourth-order valence-electron chi connectivity index (χ4n) is 3.43. The van der Waals surface area contributed by atoms with Crippen LogP contribution < -0.4 is 5.32 Å². The first kappa shape index (κ1) is 21.6. The maximum absolute atomic E-state index is 12.8. The van der Waals surface area contributed by atoms with Gasteiger partial charge in [-0.2, -0.15) is 0 Å². The normalized spacial score (nSPS) is 12.7. The van der Waals surface area contributed by atoms with Gasteiger partial charge in [-0.3, -0.25) is 0 Å². The van der Waals surface area contributed by atoms with Crippen molar-refractivity contribution in [1.82, 2.24) is 5.32 Å². The van der Waals surface area contributed by atoms with E-state index in [1.54, 1.807) is 20.8 Å². The SMILES string of the molecule is CC(C)C(NC(=O)OC(C)(C)C)C(=O)OCc1c2ccccc2cc2ccccc12. The topological polar surface area (TPSA) is 64.6 Å². The van der Waals surface area contributed by atoms with Gasteiger partial charge in [-0.15, -0.1) is 0 Å². The Labute approximate surface area is 177 Å². The molecule has 0 saturated heterocycles. The van der Waals surface area contributed by atoms with E-state index in [2.05, 4.69) is 11.4 Å². The molecule has 3 rings (SSSR count). The van der Waals surface area contributed by atoms with Crippen molar-refractivity contribution in [2.45, 2.75) is 52.9 Å². The minimum absolute atomic E-state index is 0.125. The zero-order valence-electron chi connectivity index (χ0n) is 18.2. The van der Waals surface area contributed by atoms with E-state index >= 15 is 0 Å². The van der Waals surface area contributed by atoms with Crippen molar-refractivity contribution in [2.75, 3.05) is 0 Å². The first-order valence-corrected chi connectivity index (χ1v) is 10.2. The number of alkyl carbamates (subject to hydrolysis) is 1. The predicted molar refractivity (Wildman–Crippen MR) is 119 cm³/mol. The van der Waals surface area contributed by atoms with Crippen molar-refractivity contribution >= 4 is 33.6 Å². The van der Waals surface area contributed by atoms with Crippen LogP contribution >= 0.6 is 0 Å². The Kier molecular flexibility index (Phi) is 6.30. The summed E-state index contributed by atoms with van der Waals surface area (Å²) in [5.74, 6) is -0.623. The molecule has 1 unspecified atom stereocenters. The highest BCUT2D eigenvalue weighted by atomic mass is 16.6. The molecule has 0 heterocycles. The highest BCUT2D eigenvalue weighted by Crippen LogP contribution is 2.29. The van der Waals surface area contributed by atoms with Crippen LogP contribution in [0.5, 0.6) is 0 Å². The van der Waals surface area contributed by atoms with Crippen molar-refractivity contribution in [3.8, 4) is 0 Å². The van der Waals surface area contributed by atoms with Gasteiger partial charge in [0.2, 0.25) is 0 Å². The molecule has 5 nitrogen and oxygen atoms in total. The van der Waals surface area contributed by atoms with E-state index < -0.39 is 23.7 Å². The molecule has 3 aromatic carbocycles. The molecular weight excluding hydrogens is 378 g/mol. The molecule has 158 valence electrons.